The van der Waals surface area contributed by atoms with Crippen molar-refractivity contribution in [1.29, 1.82) is 0 Å². The predicted molar refractivity (Wildman–Crippen MR) is 48.1 cm³/mol. The molecule has 0 aliphatic heterocycles. The Labute approximate surface area is 72.4 Å². The molecule has 1 aliphatic rings. The van der Waals surface area contributed by atoms with Gasteiger partial charge in [-0.3, -0.25) is 5.10 Å². The molecule has 2 rings (SSSR count). The summed E-state index contributed by atoms with van der Waals surface area (Å²) in [6.45, 7) is 2.90. The van der Waals surface area contributed by atoms with Crippen LogP contribution in [0.5, 0.6) is 0 Å². The number of rotatable bonds is 2. The first kappa shape index (κ1) is 7.80. The Bertz CT molecular complexity index is 277. The van der Waals surface area contributed by atoms with E-state index in [1.807, 2.05) is 0 Å². The first-order valence-electron chi connectivity index (χ1n) is 4.62. The summed E-state index contributed by atoms with van der Waals surface area (Å²) >= 11 is 0. The molecule has 0 saturated heterocycles. The van der Waals surface area contributed by atoms with E-state index in [0.29, 0.717) is 5.92 Å². The maximum Gasteiger partial charge on any atom is 0.0657 e. The van der Waals surface area contributed by atoms with Crippen molar-refractivity contribution in [2.45, 2.75) is 32.1 Å². The van der Waals surface area contributed by atoms with E-state index in [-0.39, 0.29) is 0 Å². The molecule has 1 aromatic heterocycles. The van der Waals surface area contributed by atoms with Crippen LogP contribution in [-0.2, 0) is 12.8 Å². The van der Waals surface area contributed by atoms with Gasteiger partial charge in [-0.05, 0) is 25.8 Å². The van der Waals surface area contributed by atoms with Gasteiger partial charge in [0.2, 0.25) is 0 Å². The van der Waals surface area contributed by atoms with Crippen molar-refractivity contribution in [3.05, 3.63) is 17.0 Å². The maximum atomic E-state index is 5.69. The third-order valence-corrected chi connectivity index (χ3v) is 2.73. The van der Waals surface area contributed by atoms with Gasteiger partial charge in [0.15, 0.2) is 0 Å². The molecule has 66 valence electrons. The van der Waals surface area contributed by atoms with Crippen molar-refractivity contribution in [3.63, 3.8) is 0 Å². The number of hydrogen-bond acceptors (Lipinski definition) is 2. The van der Waals surface area contributed by atoms with Crippen molar-refractivity contribution in [2.24, 2.45) is 5.73 Å². The SMILES string of the molecule is CCc1n[nH]c2c1C(CN)CC2. The average molecular weight is 165 g/mol. The zero-order valence-corrected chi connectivity index (χ0v) is 7.43. The molecule has 1 aliphatic carbocycles. The molecule has 0 amide bonds. The standard InChI is InChI=1S/C9H15N3/c1-2-7-9-6(5-10)3-4-8(9)12-11-7/h6H,2-5,10H2,1H3,(H,11,12). The molecule has 1 unspecified atom stereocenters. The first-order chi connectivity index (χ1) is 5.86. The zero-order chi connectivity index (χ0) is 8.55. The van der Waals surface area contributed by atoms with Gasteiger partial charge < -0.3 is 5.73 Å². The first-order valence-corrected chi connectivity index (χ1v) is 4.62. The Hall–Kier alpha value is -0.830. The molecule has 0 aromatic carbocycles. The van der Waals surface area contributed by atoms with Gasteiger partial charge in [0.05, 0.1) is 5.69 Å². The van der Waals surface area contributed by atoms with E-state index in [1.54, 1.807) is 0 Å². The summed E-state index contributed by atoms with van der Waals surface area (Å²) < 4.78 is 0. The van der Waals surface area contributed by atoms with Crippen molar-refractivity contribution >= 4 is 0 Å². The summed E-state index contributed by atoms with van der Waals surface area (Å²) in [5.41, 5.74) is 9.65. The molecule has 1 aromatic rings. The summed E-state index contributed by atoms with van der Waals surface area (Å²) in [5.74, 6) is 0.564. The van der Waals surface area contributed by atoms with E-state index in [0.717, 1.165) is 19.4 Å². The third kappa shape index (κ3) is 0.966. The second-order valence-electron chi connectivity index (χ2n) is 3.39. The third-order valence-electron chi connectivity index (χ3n) is 2.73. The lowest BCUT2D eigenvalue weighted by Gasteiger charge is -2.06. The molecule has 0 bridgehead atoms. The van der Waals surface area contributed by atoms with E-state index in [4.69, 9.17) is 5.73 Å². The van der Waals surface area contributed by atoms with E-state index < -0.39 is 0 Å². The summed E-state index contributed by atoms with van der Waals surface area (Å²) in [5, 5.41) is 7.37. The van der Waals surface area contributed by atoms with E-state index in [9.17, 15) is 0 Å². The Morgan fingerprint density at radius 3 is 3.17 bits per heavy atom. The van der Waals surface area contributed by atoms with Crippen LogP contribution in [0, 0.1) is 0 Å². The Morgan fingerprint density at radius 2 is 2.50 bits per heavy atom. The Morgan fingerprint density at radius 1 is 1.67 bits per heavy atom. The number of aromatic nitrogens is 2. The van der Waals surface area contributed by atoms with Crippen molar-refractivity contribution in [1.82, 2.24) is 10.2 Å². The lowest BCUT2D eigenvalue weighted by molar-refractivity contribution is 0.672. The quantitative estimate of drug-likeness (QED) is 0.685. The minimum Gasteiger partial charge on any atom is -0.330 e. The maximum absolute atomic E-state index is 5.69. The lowest BCUT2D eigenvalue weighted by Crippen LogP contribution is -2.10. The topological polar surface area (TPSA) is 54.7 Å². The smallest absolute Gasteiger partial charge is 0.0657 e. The van der Waals surface area contributed by atoms with Crippen molar-refractivity contribution < 1.29 is 0 Å². The molecular weight excluding hydrogens is 150 g/mol. The lowest BCUT2D eigenvalue weighted by atomic mass is 10.0. The average Bonchev–Trinajstić information content (AvgIpc) is 2.62. The fourth-order valence-electron chi connectivity index (χ4n) is 2.07. The van der Waals surface area contributed by atoms with E-state index in [1.165, 1.54) is 23.4 Å². The van der Waals surface area contributed by atoms with Crippen molar-refractivity contribution in [2.75, 3.05) is 6.54 Å². The molecule has 1 atom stereocenters. The monoisotopic (exact) mass is 165 g/mol. The van der Waals surface area contributed by atoms with E-state index in [2.05, 4.69) is 17.1 Å². The molecule has 12 heavy (non-hydrogen) atoms. The minimum absolute atomic E-state index is 0.564. The van der Waals surface area contributed by atoms with Gasteiger partial charge >= 0.3 is 0 Å². The molecular formula is C9H15N3. The van der Waals surface area contributed by atoms with Crippen LogP contribution >= 0.6 is 0 Å². The molecule has 0 saturated carbocycles. The number of aromatic amines is 1. The second kappa shape index (κ2) is 2.90. The number of hydrogen-bond donors (Lipinski definition) is 2. The molecule has 3 N–H and O–H groups in total. The second-order valence-corrected chi connectivity index (χ2v) is 3.39. The van der Waals surface area contributed by atoms with Crippen molar-refractivity contribution in [3.8, 4) is 0 Å². The number of nitrogens with two attached hydrogens (primary N) is 1. The molecule has 0 radical (unpaired) electrons. The van der Waals surface area contributed by atoms with Gasteiger partial charge in [0.25, 0.3) is 0 Å². The largest absolute Gasteiger partial charge is 0.330 e. The van der Waals surface area contributed by atoms with Gasteiger partial charge in [-0.25, -0.2) is 0 Å². The zero-order valence-electron chi connectivity index (χ0n) is 7.43. The highest BCUT2D eigenvalue weighted by molar-refractivity contribution is 5.34. The van der Waals surface area contributed by atoms with Gasteiger partial charge in [-0.15, -0.1) is 0 Å². The highest BCUT2D eigenvalue weighted by Crippen LogP contribution is 2.33. The van der Waals surface area contributed by atoms with Crippen LogP contribution in [0.2, 0.25) is 0 Å². The summed E-state index contributed by atoms with van der Waals surface area (Å²) in [4.78, 5) is 0. The molecule has 1 heterocycles. The highest BCUT2D eigenvalue weighted by atomic mass is 15.1. The van der Waals surface area contributed by atoms with Crippen LogP contribution in [0.15, 0.2) is 0 Å². The summed E-state index contributed by atoms with van der Waals surface area (Å²) in [7, 11) is 0. The summed E-state index contributed by atoms with van der Waals surface area (Å²) in [6, 6.07) is 0. The van der Waals surface area contributed by atoms with Gasteiger partial charge in [-0.2, -0.15) is 5.10 Å². The molecule has 3 heteroatoms. The molecule has 0 spiro atoms. The van der Waals surface area contributed by atoms with Gasteiger partial charge in [0, 0.05) is 17.2 Å². The van der Waals surface area contributed by atoms with Crippen LogP contribution in [0.25, 0.3) is 0 Å². The number of fused-ring (bicyclic) bond motifs is 1. The minimum atomic E-state index is 0.564. The van der Waals surface area contributed by atoms with Gasteiger partial charge in [-0.1, -0.05) is 6.92 Å². The fraction of sp³-hybridized carbons (Fsp3) is 0.667. The predicted octanol–water partition coefficient (Wildman–Crippen LogP) is 0.961. The van der Waals surface area contributed by atoms with Gasteiger partial charge in [0.1, 0.15) is 0 Å². The normalized spacial score (nSPS) is 21.3. The van der Waals surface area contributed by atoms with Crippen LogP contribution in [0.4, 0.5) is 0 Å². The fourth-order valence-corrected chi connectivity index (χ4v) is 2.07. The number of aryl methyl sites for hydroxylation is 2. The van der Waals surface area contributed by atoms with Crippen LogP contribution in [0.1, 0.15) is 36.2 Å². The highest BCUT2D eigenvalue weighted by Gasteiger charge is 2.26. The van der Waals surface area contributed by atoms with Crippen LogP contribution < -0.4 is 5.73 Å². The molecule has 3 nitrogen and oxygen atoms in total. The van der Waals surface area contributed by atoms with Crippen LogP contribution in [-0.4, -0.2) is 16.7 Å². The van der Waals surface area contributed by atoms with E-state index >= 15 is 0 Å². The number of nitrogens with one attached hydrogen (secondary N) is 1. The Kier molecular flexibility index (Phi) is 1.89. The van der Waals surface area contributed by atoms with Crippen LogP contribution in [0.3, 0.4) is 0 Å². The summed E-state index contributed by atoms with van der Waals surface area (Å²) in [6.07, 6.45) is 3.35. The molecule has 0 fully saturated rings. The number of nitrogens with zero attached hydrogens (tertiary/aromatic N) is 1. The Balaban J connectivity index is 2.38. The number of H-pyrrole nitrogens is 1.